The van der Waals surface area contributed by atoms with Crippen LogP contribution in [0.25, 0.3) is 6.08 Å². The molecule has 0 saturated carbocycles. The van der Waals surface area contributed by atoms with Crippen molar-refractivity contribution in [2.45, 2.75) is 6.54 Å². The first kappa shape index (κ1) is 23.6. The van der Waals surface area contributed by atoms with Crippen molar-refractivity contribution in [1.82, 2.24) is 15.2 Å². The van der Waals surface area contributed by atoms with Crippen LogP contribution < -0.4 is 10.1 Å². The van der Waals surface area contributed by atoms with Crippen LogP contribution in [0.5, 0.6) is 11.6 Å². The van der Waals surface area contributed by atoms with Crippen LogP contribution in [-0.2, 0) is 16.1 Å². The average Bonchev–Trinajstić information content (AvgIpc) is 3.41. The summed E-state index contributed by atoms with van der Waals surface area (Å²) in [5.41, 5.74) is 0.469. The fraction of sp³-hybridized carbons (Fsp3) is 0.0909. The third kappa shape index (κ3) is 5.19. The molecule has 3 aromatic rings. The lowest BCUT2D eigenvalue weighted by molar-refractivity contribution is -0.385. The van der Waals surface area contributed by atoms with Gasteiger partial charge in [-0.2, -0.15) is 0 Å². The topological polar surface area (TPSA) is 154 Å². The highest BCUT2D eigenvalue weighted by Crippen LogP contribution is 2.31. The number of benzene rings is 1. The van der Waals surface area contributed by atoms with Gasteiger partial charge in [0, 0.05) is 12.1 Å². The van der Waals surface area contributed by atoms with E-state index in [1.807, 2.05) is 0 Å². The van der Waals surface area contributed by atoms with Crippen LogP contribution in [-0.4, -0.2) is 39.8 Å². The molecule has 0 radical (unpaired) electrons. The monoisotopic (exact) mass is 542 g/mol. The Balaban J connectivity index is 1.46. The Kier molecular flexibility index (Phi) is 6.59. The zero-order valence-electron chi connectivity index (χ0n) is 17.9. The molecule has 12 nitrogen and oxygen atoms in total. The molecule has 4 rings (SSSR count). The molecule has 1 aromatic carbocycles. The molecule has 1 saturated heterocycles. The first-order chi connectivity index (χ1) is 16.7. The van der Waals surface area contributed by atoms with Crippen molar-refractivity contribution in [3.8, 4) is 11.6 Å². The van der Waals surface area contributed by atoms with Crippen LogP contribution in [0.1, 0.15) is 21.9 Å². The molecule has 0 spiro atoms. The van der Waals surface area contributed by atoms with Gasteiger partial charge in [0.1, 0.15) is 23.4 Å². The summed E-state index contributed by atoms with van der Waals surface area (Å²) < 4.78 is 16.0. The van der Waals surface area contributed by atoms with Crippen LogP contribution in [0.15, 0.2) is 63.2 Å². The van der Waals surface area contributed by atoms with E-state index < -0.39 is 22.8 Å². The summed E-state index contributed by atoms with van der Waals surface area (Å²) in [5, 5.41) is 13.2. The van der Waals surface area contributed by atoms with Gasteiger partial charge in [0.25, 0.3) is 11.6 Å². The predicted octanol–water partition coefficient (Wildman–Crippen LogP) is 4.02. The van der Waals surface area contributed by atoms with Gasteiger partial charge in [-0.05, 0) is 51.8 Å². The quantitative estimate of drug-likeness (QED) is 0.153. The summed E-state index contributed by atoms with van der Waals surface area (Å²) in [6, 6.07) is 9.79. The minimum atomic E-state index is -0.670. The smallest absolute Gasteiger partial charge is 0.373 e. The van der Waals surface area contributed by atoms with Gasteiger partial charge < -0.3 is 19.2 Å². The van der Waals surface area contributed by atoms with Crippen molar-refractivity contribution in [2.24, 2.45) is 0 Å². The van der Waals surface area contributed by atoms with Crippen molar-refractivity contribution in [3.05, 3.63) is 86.0 Å². The molecule has 1 N–H and O–H groups in total. The number of pyridine rings is 1. The maximum absolute atomic E-state index is 12.7. The van der Waals surface area contributed by atoms with Gasteiger partial charge in [0.05, 0.1) is 23.1 Å². The second-order valence-corrected chi connectivity index (χ2v) is 7.90. The Hall–Kier alpha value is -4.52. The lowest BCUT2D eigenvalue weighted by Gasteiger charge is -2.09. The molecule has 3 amide bonds. The fourth-order valence-corrected chi connectivity index (χ4v) is 3.53. The van der Waals surface area contributed by atoms with Gasteiger partial charge >= 0.3 is 12.0 Å². The number of esters is 1. The van der Waals surface area contributed by atoms with E-state index in [2.05, 4.69) is 31.0 Å². The Morgan fingerprint density at radius 2 is 2.06 bits per heavy atom. The SMILES string of the molecule is COC(=O)c1ccc(CN2C(=O)N/C(=C\c3ccc(Oc4ccc([N+](=O)[O-])cn4)c(Br)c3)C2=O)o1. The molecular weight excluding hydrogens is 528 g/mol. The van der Waals surface area contributed by atoms with Gasteiger partial charge in [-0.1, -0.05) is 6.07 Å². The van der Waals surface area contributed by atoms with Crippen molar-refractivity contribution < 1.29 is 33.2 Å². The summed E-state index contributed by atoms with van der Waals surface area (Å²) in [5.74, 6) is -0.504. The summed E-state index contributed by atoms with van der Waals surface area (Å²) in [6.07, 6.45) is 2.57. The van der Waals surface area contributed by atoms with Crippen LogP contribution in [0.4, 0.5) is 10.5 Å². The highest BCUT2D eigenvalue weighted by Gasteiger charge is 2.34. The highest BCUT2D eigenvalue weighted by atomic mass is 79.9. The number of aromatic nitrogens is 1. The van der Waals surface area contributed by atoms with E-state index in [0.717, 1.165) is 11.1 Å². The van der Waals surface area contributed by atoms with Gasteiger partial charge in [0.2, 0.25) is 11.6 Å². The molecule has 1 fully saturated rings. The molecule has 2 aromatic heterocycles. The number of ether oxygens (including phenoxy) is 2. The molecule has 1 aliphatic heterocycles. The number of methoxy groups -OCH3 is 1. The van der Waals surface area contributed by atoms with Crippen molar-refractivity contribution >= 4 is 45.6 Å². The zero-order chi connectivity index (χ0) is 25.1. The van der Waals surface area contributed by atoms with Crippen LogP contribution in [0.3, 0.4) is 0 Å². The molecule has 35 heavy (non-hydrogen) atoms. The fourth-order valence-electron chi connectivity index (χ4n) is 3.05. The lowest BCUT2D eigenvalue weighted by Crippen LogP contribution is -2.30. The number of imide groups is 1. The molecule has 13 heteroatoms. The minimum absolute atomic E-state index is 0.0404. The number of carbonyl (C=O) groups is 3. The van der Waals surface area contributed by atoms with E-state index in [1.54, 1.807) is 18.2 Å². The first-order valence-corrected chi connectivity index (χ1v) is 10.6. The molecule has 0 aliphatic carbocycles. The van der Waals surface area contributed by atoms with Crippen LogP contribution in [0, 0.1) is 10.1 Å². The molecular formula is C22H15BrN4O8. The third-order valence-corrected chi connectivity index (χ3v) is 5.36. The van der Waals surface area contributed by atoms with Gasteiger partial charge in [-0.3, -0.25) is 19.8 Å². The van der Waals surface area contributed by atoms with E-state index in [-0.39, 0.29) is 35.3 Å². The van der Waals surface area contributed by atoms with Crippen LogP contribution >= 0.6 is 15.9 Å². The number of urea groups is 1. The van der Waals surface area contributed by atoms with Gasteiger partial charge in [-0.25, -0.2) is 14.6 Å². The normalized spacial score (nSPS) is 14.2. The molecule has 3 heterocycles. The summed E-state index contributed by atoms with van der Waals surface area (Å²) in [7, 11) is 1.21. The Morgan fingerprint density at radius 3 is 2.71 bits per heavy atom. The van der Waals surface area contributed by atoms with E-state index in [0.29, 0.717) is 15.8 Å². The third-order valence-electron chi connectivity index (χ3n) is 4.74. The summed E-state index contributed by atoms with van der Waals surface area (Å²) in [6.45, 7) is -0.169. The molecule has 0 unspecified atom stereocenters. The largest absolute Gasteiger partial charge is 0.463 e. The Bertz CT molecular complexity index is 1370. The van der Waals surface area contributed by atoms with Gasteiger partial charge in [-0.15, -0.1) is 0 Å². The summed E-state index contributed by atoms with van der Waals surface area (Å²) in [4.78, 5) is 51.6. The van der Waals surface area contributed by atoms with Gasteiger partial charge in [0.15, 0.2) is 0 Å². The number of nitrogens with one attached hydrogen (secondary N) is 1. The van der Waals surface area contributed by atoms with E-state index in [9.17, 15) is 24.5 Å². The number of furan rings is 1. The first-order valence-electron chi connectivity index (χ1n) is 9.84. The number of hydrogen-bond acceptors (Lipinski definition) is 9. The van der Waals surface area contributed by atoms with Crippen LogP contribution in [0.2, 0.25) is 0 Å². The molecule has 0 bridgehead atoms. The number of hydrogen-bond donors (Lipinski definition) is 1. The standard InChI is InChI=1S/C22H15BrN4O8/c1-33-21(29)18-6-4-14(34-18)11-26-20(28)16(25-22(26)30)9-12-2-5-17(15(23)8-12)35-19-7-3-13(10-24-19)27(31)32/h2-10H,11H2,1H3,(H,25,30)/b16-9-. The van der Waals surface area contributed by atoms with E-state index in [4.69, 9.17) is 9.15 Å². The second kappa shape index (κ2) is 9.77. The number of halogens is 1. The molecule has 178 valence electrons. The molecule has 1 aliphatic rings. The Morgan fingerprint density at radius 1 is 1.26 bits per heavy atom. The maximum atomic E-state index is 12.7. The number of nitrogens with zero attached hydrogens (tertiary/aromatic N) is 3. The predicted molar refractivity (Wildman–Crippen MR) is 122 cm³/mol. The van der Waals surface area contributed by atoms with E-state index >= 15 is 0 Å². The van der Waals surface area contributed by atoms with E-state index in [1.165, 1.54) is 37.5 Å². The second-order valence-electron chi connectivity index (χ2n) is 7.04. The number of amides is 3. The number of nitro groups is 1. The highest BCUT2D eigenvalue weighted by molar-refractivity contribution is 9.10. The molecule has 0 atom stereocenters. The lowest BCUT2D eigenvalue weighted by atomic mass is 10.2. The number of rotatable bonds is 7. The maximum Gasteiger partial charge on any atom is 0.373 e. The van der Waals surface area contributed by atoms with Crippen molar-refractivity contribution in [1.29, 1.82) is 0 Å². The Labute approximate surface area is 205 Å². The van der Waals surface area contributed by atoms with Crippen molar-refractivity contribution in [3.63, 3.8) is 0 Å². The minimum Gasteiger partial charge on any atom is -0.463 e. The average molecular weight is 543 g/mol. The zero-order valence-corrected chi connectivity index (χ0v) is 19.5. The summed E-state index contributed by atoms with van der Waals surface area (Å²) >= 11 is 3.37. The number of carbonyl (C=O) groups excluding carboxylic acids is 3. The van der Waals surface area contributed by atoms with Crippen molar-refractivity contribution in [2.75, 3.05) is 7.11 Å².